The number of nitrogens with zero attached hydrogens (tertiary/aromatic N) is 6. The van der Waals surface area contributed by atoms with Crippen LogP contribution in [0.2, 0.25) is 0 Å². The van der Waals surface area contributed by atoms with Gasteiger partial charge in [0.15, 0.2) is 5.69 Å². The smallest absolute Gasteiger partial charge is 0.337 e. The monoisotopic (exact) mass is 624 g/mol. The maximum Gasteiger partial charge on any atom is 0.337 e. The van der Waals surface area contributed by atoms with Gasteiger partial charge in [-0.15, -0.1) is 0 Å². The molecule has 0 saturated carbocycles. The molecule has 0 bridgehead atoms. The number of carbonyl (C=O) groups excluding carboxylic acids is 1. The van der Waals surface area contributed by atoms with Crippen molar-refractivity contribution in [3.8, 4) is 5.88 Å². The summed E-state index contributed by atoms with van der Waals surface area (Å²) in [6.45, 7) is 12.4. The maximum atomic E-state index is 14.3. The zero-order valence-electron chi connectivity index (χ0n) is 25.7. The number of hydrogen-bond acceptors (Lipinski definition) is 9. The van der Waals surface area contributed by atoms with E-state index in [-0.39, 0.29) is 18.3 Å². The molecule has 3 aliphatic rings. The molecule has 1 saturated heterocycles. The van der Waals surface area contributed by atoms with Crippen LogP contribution < -0.4 is 9.64 Å². The lowest BCUT2D eigenvalue weighted by molar-refractivity contribution is -0.202. The van der Waals surface area contributed by atoms with Gasteiger partial charge in [-0.3, -0.25) is 4.90 Å². The summed E-state index contributed by atoms with van der Waals surface area (Å²) in [7, 11) is 3.08. The summed E-state index contributed by atoms with van der Waals surface area (Å²) >= 11 is 0. The van der Waals surface area contributed by atoms with E-state index in [1.54, 1.807) is 31.4 Å². The average Bonchev–Trinajstić information content (AvgIpc) is 3.73. The van der Waals surface area contributed by atoms with E-state index in [0.717, 1.165) is 48.9 Å². The molecular weight excluding hydrogens is 591 g/mol. The number of imidazole rings is 1. The third-order valence-electron chi connectivity index (χ3n) is 8.89. The molecule has 236 valence electrons. The molecule has 0 N–H and O–H groups in total. The van der Waals surface area contributed by atoms with Crippen LogP contribution in [0.4, 0.5) is 15.9 Å². The number of halogens is 1. The Morgan fingerprint density at radius 3 is 2.52 bits per heavy atom. The van der Waals surface area contributed by atoms with Crippen molar-refractivity contribution in [1.82, 2.24) is 19.4 Å². The molecule has 3 aliphatic heterocycles. The molecule has 0 amide bonds. The van der Waals surface area contributed by atoms with Gasteiger partial charge in [0.2, 0.25) is 5.88 Å². The van der Waals surface area contributed by atoms with E-state index >= 15 is 0 Å². The molecule has 4 aromatic rings. The molecule has 1 fully saturated rings. The molecular formula is C34H33FN6O5. The molecule has 11 nitrogen and oxygen atoms in total. The number of hydrogen-bond donors (Lipinski definition) is 0. The van der Waals surface area contributed by atoms with Crippen molar-refractivity contribution in [3.63, 3.8) is 0 Å². The first-order valence-electron chi connectivity index (χ1n) is 15.0. The van der Waals surface area contributed by atoms with Crippen LogP contribution in [0.3, 0.4) is 0 Å². The molecule has 0 unspecified atom stereocenters. The summed E-state index contributed by atoms with van der Waals surface area (Å²) in [5.74, 6) is 1.27. The van der Waals surface area contributed by atoms with Crippen LogP contribution in [0.15, 0.2) is 65.7 Å². The third-order valence-corrected chi connectivity index (χ3v) is 8.89. The second-order valence-electron chi connectivity index (χ2n) is 11.9. The molecule has 2 aromatic heterocycles. The fraction of sp³-hybridized carbons (Fsp3) is 0.353. The Kier molecular flexibility index (Phi) is 7.90. The third kappa shape index (κ3) is 5.69. The molecule has 46 heavy (non-hydrogen) atoms. The fourth-order valence-corrected chi connectivity index (χ4v) is 6.27. The number of benzene rings is 2. The van der Waals surface area contributed by atoms with Crippen molar-refractivity contribution in [2.75, 3.05) is 58.5 Å². The number of fused-ring (bicyclic) bond motifs is 1. The number of carbonyl (C=O) groups is 1. The van der Waals surface area contributed by atoms with Gasteiger partial charge in [0.25, 0.3) is 0 Å². The highest BCUT2D eigenvalue weighted by Crippen LogP contribution is 2.32. The van der Waals surface area contributed by atoms with Crippen LogP contribution in [0.5, 0.6) is 5.88 Å². The van der Waals surface area contributed by atoms with Gasteiger partial charge in [0.05, 0.1) is 56.6 Å². The van der Waals surface area contributed by atoms with E-state index in [1.807, 2.05) is 24.3 Å². The summed E-state index contributed by atoms with van der Waals surface area (Å²) in [5, 5.41) is 0. The van der Waals surface area contributed by atoms with E-state index in [0.29, 0.717) is 43.3 Å². The predicted molar refractivity (Wildman–Crippen MR) is 167 cm³/mol. The van der Waals surface area contributed by atoms with Crippen LogP contribution in [-0.4, -0.2) is 84.6 Å². The van der Waals surface area contributed by atoms with Crippen molar-refractivity contribution < 1.29 is 28.1 Å². The number of pyridine rings is 1. The minimum Gasteiger partial charge on any atom is -0.473 e. The van der Waals surface area contributed by atoms with Crippen molar-refractivity contribution >= 4 is 28.5 Å². The van der Waals surface area contributed by atoms with Crippen LogP contribution in [0.1, 0.15) is 21.7 Å². The topological polar surface area (TPSA) is 95.5 Å². The number of esters is 1. The van der Waals surface area contributed by atoms with Crippen molar-refractivity contribution in [2.45, 2.75) is 25.3 Å². The molecule has 0 aliphatic carbocycles. The molecule has 7 rings (SSSR count). The molecule has 0 spiro atoms. The summed E-state index contributed by atoms with van der Waals surface area (Å²) in [5.41, 5.74) is 5.09. The lowest BCUT2D eigenvalue weighted by atomic mass is 10.0. The van der Waals surface area contributed by atoms with Crippen LogP contribution in [-0.2, 0) is 33.9 Å². The van der Waals surface area contributed by atoms with E-state index in [9.17, 15) is 9.18 Å². The Morgan fingerprint density at radius 2 is 1.85 bits per heavy atom. The molecule has 12 heteroatoms. The lowest BCUT2D eigenvalue weighted by Crippen LogP contribution is -2.54. The predicted octanol–water partition coefficient (Wildman–Crippen LogP) is 4.53. The molecule has 0 radical (unpaired) electrons. The first-order valence-corrected chi connectivity index (χ1v) is 15.0. The molecule has 5 heterocycles. The Hall–Kier alpha value is -4.83. The highest BCUT2D eigenvalue weighted by Gasteiger charge is 2.40. The molecule has 0 atom stereocenters. The van der Waals surface area contributed by atoms with E-state index in [2.05, 4.69) is 24.2 Å². The summed E-state index contributed by atoms with van der Waals surface area (Å²) in [6.07, 6.45) is 0. The fourth-order valence-electron chi connectivity index (χ4n) is 6.27. The minimum atomic E-state index is -0.467. The van der Waals surface area contributed by atoms with E-state index in [4.69, 9.17) is 30.5 Å². The zero-order chi connectivity index (χ0) is 31.8. The Bertz CT molecular complexity index is 1870. The summed E-state index contributed by atoms with van der Waals surface area (Å²) < 4.78 is 38.6. The lowest BCUT2D eigenvalue weighted by Gasteiger charge is -2.40. The van der Waals surface area contributed by atoms with Gasteiger partial charge in [-0.05, 0) is 41.5 Å². The quantitative estimate of drug-likeness (QED) is 0.143. The summed E-state index contributed by atoms with van der Waals surface area (Å²) in [6, 6.07) is 15.4. The van der Waals surface area contributed by atoms with Crippen LogP contribution >= 0.6 is 0 Å². The maximum absolute atomic E-state index is 14.3. The first-order chi connectivity index (χ1) is 22.4. The number of rotatable bonds is 10. The largest absolute Gasteiger partial charge is 0.473 e. The number of aromatic nitrogens is 3. The average molecular weight is 625 g/mol. The number of methoxy groups -OCH3 is 2. The standard InChI is InChI=1S/C34H33FN6O5/c1-36-26-9-7-23(27(35)12-26)18-46-32-6-4-5-30(38-32)40-15-24-13-39(14-25(24)16-40)17-31-37-28-10-8-22(33(42)43-2)11-29(28)41(31)19-34(44-3)20-45-21-34/h4-12H,13-21H2,2-3H3. The van der Waals surface area contributed by atoms with Gasteiger partial charge in [0.1, 0.15) is 29.7 Å². The number of anilines is 1. The van der Waals surface area contributed by atoms with Crippen molar-refractivity contribution in [1.29, 1.82) is 0 Å². The zero-order valence-corrected chi connectivity index (χ0v) is 25.7. The van der Waals surface area contributed by atoms with Gasteiger partial charge in [0, 0.05) is 44.9 Å². The second kappa shape index (κ2) is 12.2. The Balaban J connectivity index is 1.02. The van der Waals surface area contributed by atoms with Gasteiger partial charge >= 0.3 is 5.97 Å². The van der Waals surface area contributed by atoms with Crippen molar-refractivity contribution in [3.05, 3.63) is 99.9 Å². The van der Waals surface area contributed by atoms with Crippen LogP contribution in [0.25, 0.3) is 15.9 Å². The van der Waals surface area contributed by atoms with Gasteiger partial charge in [-0.2, -0.15) is 4.98 Å². The van der Waals surface area contributed by atoms with Crippen LogP contribution in [0, 0.1) is 12.4 Å². The first kappa shape index (κ1) is 29.9. The second-order valence-corrected chi connectivity index (χ2v) is 11.9. The van der Waals surface area contributed by atoms with Gasteiger partial charge in [-0.1, -0.05) is 18.2 Å². The highest BCUT2D eigenvalue weighted by atomic mass is 19.1. The minimum absolute atomic E-state index is 0.0254. The van der Waals surface area contributed by atoms with E-state index < -0.39 is 11.4 Å². The van der Waals surface area contributed by atoms with E-state index in [1.165, 1.54) is 24.3 Å². The molecule has 2 aromatic carbocycles. The summed E-state index contributed by atoms with van der Waals surface area (Å²) in [4.78, 5) is 29.8. The Morgan fingerprint density at radius 1 is 1.04 bits per heavy atom. The van der Waals surface area contributed by atoms with Crippen molar-refractivity contribution in [2.24, 2.45) is 0 Å². The normalized spacial score (nSPS) is 17.2. The van der Waals surface area contributed by atoms with Gasteiger partial charge < -0.3 is 28.4 Å². The Labute approximate surface area is 265 Å². The number of ether oxygens (including phenoxy) is 4. The highest BCUT2D eigenvalue weighted by molar-refractivity contribution is 5.93. The SMILES string of the molecule is [C-]#[N+]c1ccc(COc2cccc(N3CC4=C(CN(Cc5nc6ccc(C(=O)OC)cc6n5CC5(OC)COC5)C4)C3)n2)c(F)c1. The van der Waals surface area contributed by atoms with Gasteiger partial charge in [-0.25, -0.2) is 19.0 Å².